The molecule has 1 fully saturated rings. The fraction of sp³-hybridized carbons (Fsp3) is 0.586. The average molecular weight is 541 g/mol. The minimum atomic E-state index is -2.59. The van der Waals surface area contributed by atoms with Gasteiger partial charge in [0.1, 0.15) is 0 Å². The molecule has 4 aliphatic heterocycles. The van der Waals surface area contributed by atoms with Crippen molar-refractivity contribution < 1.29 is 18.3 Å². The molecule has 210 valence electrons. The van der Waals surface area contributed by atoms with Gasteiger partial charge in [0, 0.05) is 80.9 Å². The van der Waals surface area contributed by atoms with Crippen LogP contribution in [0.2, 0.25) is 0 Å². The quantitative estimate of drug-likeness (QED) is 0.592. The van der Waals surface area contributed by atoms with Crippen LogP contribution in [0.4, 0.5) is 20.3 Å². The van der Waals surface area contributed by atoms with Crippen LogP contribution < -0.4 is 10.3 Å². The van der Waals surface area contributed by atoms with E-state index >= 15 is 0 Å². The lowest BCUT2D eigenvalue weighted by molar-refractivity contribution is -0.129. The Balaban J connectivity index is 1.44. The minimum Gasteiger partial charge on any atom is -0.381 e. The molecule has 5 heterocycles. The van der Waals surface area contributed by atoms with Gasteiger partial charge in [-0.2, -0.15) is 5.10 Å². The van der Waals surface area contributed by atoms with E-state index in [9.17, 15) is 13.6 Å². The van der Waals surface area contributed by atoms with Crippen LogP contribution in [0.25, 0.3) is 5.57 Å². The third-order valence-corrected chi connectivity index (χ3v) is 8.56. The highest BCUT2D eigenvalue weighted by Crippen LogP contribution is 2.43. The van der Waals surface area contributed by atoms with Crippen molar-refractivity contribution in [3.8, 4) is 0 Å². The van der Waals surface area contributed by atoms with Crippen LogP contribution in [0.15, 0.2) is 18.3 Å². The second-order valence-electron chi connectivity index (χ2n) is 11.3. The Labute approximate surface area is 228 Å². The lowest BCUT2D eigenvalue weighted by Crippen LogP contribution is -2.36. The topological polar surface area (TPSA) is 65.9 Å². The average Bonchev–Trinajstić information content (AvgIpc) is 3.58. The Kier molecular flexibility index (Phi) is 7.09. The molecule has 1 aromatic carbocycles. The standard InChI is InChI=1S/C29H38F2N6O2/c1-18(2)36-16-21(15-32-36)23-13-20-5-4-9-35(27(20)14-24(23)28(30)31)29-25-17-34(19(3)38)10-6-26(25)37(33-29)22-7-11-39-12-8-22/h13-14,16,18,22,28,32H,4-12,15,17H2,1-3H3. The first-order valence-electron chi connectivity index (χ1n) is 14.2. The highest BCUT2D eigenvalue weighted by Gasteiger charge is 2.34. The molecule has 2 aromatic rings. The van der Waals surface area contributed by atoms with Gasteiger partial charge < -0.3 is 19.5 Å². The maximum Gasteiger partial charge on any atom is 0.264 e. The number of aromatic nitrogens is 2. The number of fused-ring (bicyclic) bond motifs is 2. The number of hydrogen-bond acceptors (Lipinski definition) is 6. The van der Waals surface area contributed by atoms with E-state index in [1.165, 1.54) is 5.69 Å². The summed E-state index contributed by atoms with van der Waals surface area (Å²) < 4.78 is 36.9. The molecular weight excluding hydrogens is 502 g/mol. The van der Waals surface area contributed by atoms with Crippen molar-refractivity contribution in [3.63, 3.8) is 0 Å². The normalized spacial score (nSPS) is 20.1. The Morgan fingerprint density at radius 1 is 1.15 bits per heavy atom. The summed E-state index contributed by atoms with van der Waals surface area (Å²) in [5, 5.41) is 7.15. The smallest absolute Gasteiger partial charge is 0.264 e. The number of benzene rings is 1. The van der Waals surface area contributed by atoms with E-state index in [-0.39, 0.29) is 23.6 Å². The van der Waals surface area contributed by atoms with E-state index in [4.69, 9.17) is 9.84 Å². The number of carbonyl (C=O) groups excluding carboxylic acids is 1. The van der Waals surface area contributed by atoms with Gasteiger partial charge in [0.15, 0.2) is 5.82 Å². The first-order chi connectivity index (χ1) is 18.8. The van der Waals surface area contributed by atoms with Gasteiger partial charge in [0.05, 0.1) is 12.6 Å². The van der Waals surface area contributed by atoms with Crippen molar-refractivity contribution in [2.45, 2.75) is 77.9 Å². The SMILES string of the molecule is CC(=O)N1CCc2c(c(N3CCCc4cc(C5=CN(C(C)C)NC5)c(C(F)F)cc43)nn2C2CCOCC2)C1. The van der Waals surface area contributed by atoms with E-state index in [2.05, 4.69) is 28.9 Å². The Morgan fingerprint density at radius 3 is 2.64 bits per heavy atom. The van der Waals surface area contributed by atoms with Crippen LogP contribution in [-0.2, 0) is 28.9 Å². The molecule has 6 rings (SSSR count). The number of amides is 1. The van der Waals surface area contributed by atoms with Crippen LogP contribution in [0.5, 0.6) is 0 Å². The molecule has 1 amide bonds. The van der Waals surface area contributed by atoms with Gasteiger partial charge in [0.25, 0.3) is 6.43 Å². The molecule has 0 radical (unpaired) electrons. The molecule has 8 nitrogen and oxygen atoms in total. The number of nitrogens with one attached hydrogen (secondary N) is 1. The van der Waals surface area contributed by atoms with Crippen LogP contribution in [0.1, 0.15) is 80.4 Å². The molecule has 0 saturated carbocycles. The summed E-state index contributed by atoms with van der Waals surface area (Å²) in [5.74, 6) is 0.854. The predicted molar refractivity (Wildman–Crippen MR) is 146 cm³/mol. The van der Waals surface area contributed by atoms with Crippen LogP contribution in [-0.4, -0.2) is 64.5 Å². The van der Waals surface area contributed by atoms with E-state index in [1.54, 1.807) is 13.0 Å². The molecule has 0 spiro atoms. The third kappa shape index (κ3) is 4.82. The number of halogens is 2. The van der Waals surface area contributed by atoms with Crippen LogP contribution in [0.3, 0.4) is 0 Å². The molecule has 4 aliphatic rings. The van der Waals surface area contributed by atoms with Crippen molar-refractivity contribution in [2.24, 2.45) is 0 Å². The van der Waals surface area contributed by atoms with Crippen molar-refractivity contribution >= 4 is 23.0 Å². The molecule has 1 N–H and O–H groups in total. The molecule has 39 heavy (non-hydrogen) atoms. The lowest BCUT2D eigenvalue weighted by Gasteiger charge is -2.33. The number of hydrazine groups is 1. The summed E-state index contributed by atoms with van der Waals surface area (Å²) in [6.45, 7) is 9.56. The zero-order chi connectivity index (χ0) is 27.3. The molecule has 10 heteroatoms. The number of aryl methyl sites for hydroxylation is 1. The summed E-state index contributed by atoms with van der Waals surface area (Å²) in [5.41, 5.74) is 8.97. The van der Waals surface area contributed by atoms with Gasteiger partial charge in [-0.05, 0) is 68.4 Å². The zero-order valence-corrected chi connectivity index (χ0v) is 23.1. The summed E-state index contributed by atoms with van der Waals surface area (Å²) in [6.07, 6.45) is 3.65. The fourth-order valence-corrected chi connectivity index (χ4v) is 6.41. The summed E-state index contributed by atoms with van der Waals surface area (Å²) in [4.78, 5) is 16.3. The maximum absolute atomic E-state index is 14.5. The van der Waals surface area contributed by atoms with Gasteiger partial charge in [-0.15, -0.1) is 0 Å². The molecule has 1 saturated heterocycles. The van der Waals surface area contributed by atoms with Crippen LogP contribution >= 0.6 is 0 Å². The number of anilines is 2. The van der Waals surface area contributed by atoms with Crippen LogP contribution in [0, 0.1) is 0 Å². The highest BCUT2D eigenvalue weighted by molar-refractivity contribution is 5.78. The molecule has 0 bridgehead atoms. The predicted octanol–water partition coefficient (Wildman–Crippen LogP) is 4.73. The van der Waals surface area contributed by atoms with Gasteiger partial charge >= 0.3 is 0 Å². The van der Waals surface area contributed by atoms with Crippen molar-refractivity contribution in [2.75, 3.05) is 37.7 Å². The second-order valence-corrected chi connectivity index (χ2v) is 11.3. The number of rotatable bonds is 5. The van der Waals surface area contributed by atoms with Gasteiger partial charge in [-0.25, -0.2) is 14.2 Å². The molecule has 0 atom stereocenters. The Morgan fingerprint density at radius 2 is 1.95 bits per heavy atom. The van der Waals surface area contributed by atoms with E-state index in [0.29, 0.717) is 45.0 Å². The Hall–Kier alpha value is -2.98. The molecule has 1 aromatic heterocycles. The van der Waals surface area contributed by atoms with Gasteiger partial charge in [-0.3, -0.25) is 9.48 Å². The molecular formula is C29H38F2N6O2. The number of nitrogens with zero attached hydrogens (tertiary/aromatic N) is 5. The first-order valence-corrected chi connectivity index (χ1v) is 14.2. The maximum atomic E-state index is 14.5. The lowest BCUT2D eigenvalue weighted by atomic mass is 9.92. The van der Waals surface area contributed by atoms with E-state index < -0.39 is 6.43 Å². The van der Waals surface area contributed by atoms with Crippen molar-refractivity contribution in [1.29, 1.82) is 0 Å². The number of alkyl halides is 2. The van der Waals surface area contributed by atoms with Gasteiger partial charge in [0.2, 0.25) is 5.91 Å². The highest BCUT2D eigenvalue weighted by atomic mass is 19.3. The monoisotopic (exact) mass is 540 g/mol. The second kappa shape index (κ2) is 10.5. The first kappa shape index (κ1) is 26.3. The number of ether oxygens (including phenoxy) is 1. The van der Waals surface area contributed by atoms with E-state index in [1.807, 2.05) is 22.2 Å². The summed E-state index contributed by atoms with van der Waals surface area (Å²) in [6, 6.07) is 4.15. The number of hydrogen-bond donors (Lipinski definition) is 1. The fourth-order valence-electron chi connectivity index (χ4n) is 6.41. The van der Waals surface area contributed by atoms with Crippen molar-refractivity contribution in [1.82, 2.24) is 25.1 Å². The zero-order valence-electron chi connectivity index (χ0n) is 23.1. The minimum absolute atomic E-state index is 0.0444. The summed E-state index contributed by atoms with van der Waals surface area (Å²) >= 11 is 0. The Bertz CT molecular complexity index is 1280. The third-order valence-electron chi connectivity index (χ3n) is 8.56. The van der Waals surface area contributed by atoms with Gasteiger partial charge in [-0.1, -0.05) is 0 Å². The summed E-state index contributed by atoms with van der Waals surface area (Å²) in [7, 11) is 0. The molecule has 0 aliphatic carbocycles. The largest absolute Gasteiger partial charge is 0.381 e. The number of carbonyl (C=O) groups is 1. The van der Waals surface area contributed by atoms with E-state index in [0.717, 1.165) is 60.3 Å². The molecule has 0 unspecified atom stereocenters. The van der Waals surface area contributed by atoms with Crippen molar-refractivity contribution in [3.05, 3.63) is 46.3 Å².